The minimum absolute atomic E-state index is 0.00497. The third-order valence-corrected chi connectivity index (χ3v) is 9.99. The molecule has 2 aliphatic heterocycles. The van der Waals surface area contributed by atoms with Crippen molar-refractivity contribution in [3.05, 3.63) is 88.4 Å². The van der Waals surface area contributed by atoms with Crippen LogP contribution in [-0.4, -0.2) is 65.8 Å². The SMILES string of the molecule is CC(CSC(=O)c1ccccc1)C(=O)N1CC(Oc2ccccc2C2NC(=O)c3cc(S(N)(=O)=O)c(Cl)cc3N2)C[C@H]1C(=O)O. The Morgan fingerprint density at radius 2 is 1.80 bits per heavy atom. The Hall–Kier alpha value is -4.11. The van der Waals surface area contributed by atoms with Gasteiger partial charge in [-0.15, -0.1) is 0 Å². The van der Waals surface area contributed by atoms with Crippen molar-refractivity contribution in [2.75, 3.05) is 17.6 Å². The molecule has 3 unspecified atom stereocenters. The van der Waals surface area contributed by atoms with Crippen molar-refractivity contribution in [3.63, 3.8) is 0 Å². The van der Waals surface area contributed by atoms with E-state index < -0.39 is 52.0 Å². The summed E-state index contributed by atoms with van der Waals surface area (Å²) in [5.41, 5.74) is 1.33. The number of benzene rings is 3. The Labute approximate surface area is 268 Å². The molecule has 0 spiro atoms. The number of carbonyl (C=O) groups is 4. The van der Waals surface area contributed by atoms with E-state index in [1.165, 1.54) is 11.0 Å². The van der Waals surface area contributed by atoms with Crippen molar-refractivity contribution in [2.45, 2.75) is 36.6 Å². The predicted octanol–water partition coefficient (Wildman–Crippen LogP) is 3.48. The number of ether oxygens (including phenoxy) is 1. The summed E-state index contributed by atoms with van der Waals surface area (Å²) in [6.07, 6.45) is -1.47. The standard InChI is InChI=1S/C30H29ClN4O8S2/c1-16(15-44-30(40)17-7-3-2-4-8-17)28(37)35-14-18(11-23(35)29(38)39)43-24-10-6-5-9-19(24)26-33-22-13-21(31)25(45(32,41)42)12-20(22)27(36)34-26/h2-10,12-13,16,18,23,26,33H,11,14-15H2,1H3,(H,34,36)(H,38,39)(H2,32,41,42)/t16?,18?,23-,26?/m0/s1. The fourth-order valence-corrected chi connectivity index (χ4v) is 7.16. The number of fused-ring (bicyclic) bond motifs is 1. The van der Waals surface area contributed by atoms with Crippen LogP contribution >= 0.6 is 23.4 Å². The van der Waals surface area contributed by atoms with E-state index in [-0.39, 0.29) is 45.0 Å². The summed E-state index contributed by atoms with van der Waals surface area (Å²) in [5.74, 6) is -2.25. The number of sulfonamides is 1. The monoisotopic (exact) mass is 672 g/mol. The average molecular weight is 673 g/mol. The maximum atomic E-state index is 13.4. The highest BCUT2D eigenvalue weighted by Crippen LogP contribution is 2.36. The minimum Gasteiger partial charge on any atom is -0.488 e. The first-order valence-electron chi connectivity index (χ1n) is 13.8. The van der Waals surface area contributed by atoms with Crippen LogP contribution in [0.1, 0.15) is 45.8 Å². The molecule has 1 fully saturated rings. The van der Waals surface area contributed by atoms with E-state index in [9.17, 15) is 32.7 Å². The van der Waals surface area contributed by atoms with Crippen molar-refractivity contribution >= 4 is 62.0 Å². The fourth-order valence-electron chi connectivity index (χ4n) is 5.21. The minimum atomic E-state index is -4.17. The predicted molar refractivity (Wildman–Crippen MR) is 168 cm³/mol. The van der Waals surface area contributed by atoms with Gasteiger partial charge in [-0.25, -0.2) is 18.4 Å². The molecule has 0 bridgehead atoms. The number of hydrogen-bond donors (Lipinski definition) is 4. The highest BCUT2D eigenvalue weighted by atomic mass is 35.5. The number of aliphatic carboxylic acids is 1. The van der Waals surface area contributed by atoms with Crippen LogP contribution in [0.2, 0.25) is 5.02 Å². The number of para-hydroxylation sites is 1. The summed E-state index contributed by atoms with van der Waals surface area (Å²) in [6.45, 7) is 1.66. The van der Waals surface area contributed by atoms with Crippen LogP contribution in [0, 0.1) is 5.92 Å². The number of nitrogens with two attached hydrogens (primary N) is 1. The van der Waals surface area contributed by atoms with E-state index in [0.717, 1.165) is 17.8 Å². The topological polar surface area (TPSA) is 185 Å². The molecule has 0 saturated carbocycles. The van der Waals surface area contributed by atoms with Crippen molar-refractivity contribution < 1.29 is 37.4 Å². The van der Waals surface area contributed by atoms with Gasteiger partial charge in [0.05, 0.1) is 22.8 Å². The van der Waals surface area contributed by atoms with Gasteiger partial charge in [0.1, 0.15) is 29.0 Å². The molecule has 0 aliphatic carbocycles. The molecule has 45 heavy (non-hydrogen) atoms. The van der Waals surface area contributed by atoms with Gasteiger partial charge in [-0.2, -0.15) is 0 Å². The molecule has 5 rings (SSSR count). The van der Waals surface area contributed by atoms with Crippen LogP contribution in [-0.2, 0) is 19.6 Å². The number of rotatable bonds is 9. The van der Waals surface area contributed by atoms with Crippen molar-refractivity contribution in [1.29, 1.82) is 0 Å². The second-order valence-corrected chi connectivity index (χ2v) is 13.6. The summed E-state index contributed by atoms with van der Waals surface area (Å²) in [6, 6.07) is 16.8. The van der Waals surface area contributed by atoms with Crippen LogP contribution in [0.3, 0.4) is 0 Å². The molecule has 0 aromatic heterocycles. The Bertz CT molecular complexity index is 1770. The van der Waals surface area contributed by atoms with E-state index in [4.69, 9.17) is 21.5 Å². The second kappa shape index (κ2) is 13.1. The van der Waals surface area contributed by atoms with Crippen LogP contribution in [0.25, 0.3) is 0 Å². The zero-order chi connectivity index (χ0) is 32.5. The second-order valence-electron chi connectivity index (χ2n) is 10.6. The largest absolute Gasteiger partial charge is 0.488 e. The normalized spacial score (nSPS) is 20.0. The molecule has 2 aliphatic rings. The smallest absolute Gasteiger partial charge is 0.326 e. The number of carbonyl (C=O) groups excluding carboxylic acids is 3. The van der Waals surface area contributed by atoms with E-state index in [1.807, 2.05) is 0 Å². The van der Waals surface area contributed by atoms with E-state index in [1.54, 1.807) is 61.5 Å². The van der Waals surface area contributed by atoms with Gasteiger partial charge >= 0.3 is 5.97 Å². The van der Waals surface area contributed by atoms with E-state index in [0.29, 0.717) is 16.9 Å². The number of thioether (sulfide) groups is 1. The lowest BCUT2D eigenvalue weighted by molar-refractivity contribution is -0.149. The number of hydrogen-bond acceptors (Lipinski definition) is 9. The molecule has 0 radical (unpaired) electrons. The summed E-state index contributed by atoms with van der Waals surface area (Å²) in [7, 11) is -4.17. The zero-order valence-electron chi connectivity index (χ0n) is 23.8. The van der Waals surface area contributed by atoms with Gasteiger partial charge in [-0.1, -0.05) is 78.8 Å². The van der Waals surface area contributed by atoms with Crippen LogP contribution < -0.4 is 20.5 Å². The maximum Gasteiger partial charge on any atom is 0.326 e. The molecule has 2 heterocycles. The van der Waals surface area contributed by atoms with Crippen LogP contribution in [0.15, 0.2) is 71.6 Å². The van der Waals surface area contributed by atoms with Crippen molar-refractivity contribution in [3.8, 4) is 5.75 Å². The number of halogens is 1. The zero-order valence-corrected chi connectivity index (χ0v) is 26.2. The fraction of sp³-hybridized carbons (Fsp3) is 0.267. The van der Waals surface area contributed by atoms with Gasteiger partial charge in [0.2, 0.25) is 21.0 Å². The molecule has 236 valence electrons. The Kier molecular flexibility index (Phi) is 9.39. The summed E-state index contributed by atoms with van der Waals surface area (Å²) in [5, 5.41) is 20.7. The van der Waals surface area contributed by atoms with Gasteiger partial charge in [-0.3, -0.25) is 14.4 Å². The number of nitrogens with zero attached hydrogens (tertiary/aromatic N) is 1. The number of carboxylic acid groups (broad SMARTS) is 1. The Morgan fingerprint density at radius 1 is 1.11 bits per heavy atom. The first-order valence-corrected chi connectivity index (χ1v) is 16.7. The maximum absolute atomic E-state index is 13.4. The van der Waals surface area contributed by atoms with Gasteiger partial charge < -0.3 is 25.4 Å². The number of amides is 2. The lowest BCUT2D eigenvalue weighted by Gasteiger charge is -2.30. The molecular formula is C30H29ClN4O8S2. The molecule has 12 nitrogen and oxygen atoms in total. The summed E-state index contributed by atoms with van der Waals surface area (Å²) in [4.78, 5) is 51.9. The lowest BCUT2D eigenvalue weighted by Crippen LogP contribution is -2.43. The molecule has 5 N–H and O–H groups in total. The quantitative estimate of drug-likeness (QED) is 0.262. The van der Waals surface area contributed by atoms with Gasteiger partial charge in [0, 0.05) is 29.2 Å². The Balaban J connectivity index is 1.29. The molecule has 3 aromatic carbocycles. The van der Waals surface area contributed by atoms with Gasteiger partial charge in [-0.05, 0) is 18.2 Å². The highest BCUT2D eigenvalue weighted by Gasteiger charge is 2.42. The molecule has 15 heteroatoms. The number of anilines is 1. The first-order chi connectivity index (χ1) is 21.3. The van der Waals surface area contributed by atoms with E-state index >= 15 is 0 Å². The lowest BCUT2D eigenvalue weighted by atomic mass is 10.0. The van der Waals surface area contributed by atoms with Crippen LogP contribution in [0.5, 0.6) is 5.75 Å². The number of carboxylic acids is 1. The number of primary sulfonamides is 1. The Morgan fingerprint density at radius 3 is 2.49 bits per heavy atom. The third-order valence-electron chi connectivity index (χ3n) is 7.45. The molecule has 1 saturated heterocycles. The molecule has 3 aromatic rings. The average Bonchev–Trinajstić information content (AvgIpc) is 3.43. The van der Waals surface area contributed by atoms with Gasteiger partial charge in [0.15, 0.2) is 0 Å². The van der Waals surface area contributed by atoms with Crippen molar-refractivity contribution in [2.24, 2.45) is 11.1 Å². The highest BCUT2D eigenvalue weighted by molar-refractivity contribution is 8.14. The van der Waals surface area contributed by atoms with Crippen molar-refractivity contribution in [1.82, 2.24) is 10.2 Å². The molecule has 4 atom stereocenters. The first kappa shape index (κ1) is 32.3. The summed E-state index contributed by atoms with van der Waals surface area (Å²) >= 11 is 7.14. The molecule has 2 amide bonds. The van der Waals surface area contributed by atoms with E-state index in [2.05, 4.69) is 10.6 Å². The van der Waals surface area contributed by atoms with Gasteiger partial charge in [0.25, 0.3) is 5.91 Å². The number of likely N-dealkylation sites (tertiary alicyclic amines) is 1. The molecular weight excluding hydrogens is 644 g/mol. The number of nitrogens with one attached hydrogen (secondary N) is 2. The van der Waals surface area contributed by atoms with Crippen LogP contribution in [0.4, 0.5) is 5.69 Å². The summed E-state index contributed by atoms with van der Waals surface area (Å²) < 4.78 is 30.0. The third kappa shape index (κ3) is 7.09.